The van der Waals surface area contributed by atoms with Crippen LogP contribution in [-0.4, -0.2) is 22.8 Å². The molecule has 1 saturated carbocycles. The van der Waals surface area contributed by atoms with Crippen LogP contribution < -0.4 is 4.90 Å². The van der Waals surface area contributed by atoms with Gasteiger partial charge in [0.2, 0.25) is 0 Å². The lowest BCUT2D eigenvalue weighted by Crippen LogP contribution is -2.52. The van der Waals surface area contributed by atoms with Crippen LogP contribution in [0.1, 0.15) is 44.1 Å². The summed E-state index contributed by atoms with van der Waals surface area (Å²) < 4.78 is 0. The second-order valence-corrected chi connectivity index (χ2v) is 7.87. The third-order valence-electron chi connectivity index (χ3n) is 6.44. The Morgan fingerprint density at radius 1 is 0.958 bits per heavy atom. The molecule has 0 amide bonds. The Morgan fingerprint density at radius 2 is 1.62 bits per heavy atom. The van der Waals surface area contributed by atoms with Gasteiger partial charge < -0.3 is 10.0 Å². The fourth-order valence-electron chi connectivity index (χ4n) is 5.21. The van der Waals surface area contributed by atoms with Crippen LogP contribution >= 0.6 is 0 Å². The highest BCUT2D eigenvalue weighted by atomic mass is 16.3. The second kappa shape index (κ2) is 4.97. The molecule has 2 aliphatic heterocycles. The van der Waals surface area contributed by atoms with Crippen molar-refractivity contribution in [1.82, 2.24) is 0 Å². The van der Waals surface area contributed by atoms with Gasteiger partial charge in [-0.15, -0.1) is 0 Å². The number of nitrogens with zero attached hydrogens (tertiary/aromatic N) is 2. The molecule has 3 aliphatic rings. The highest BCUT2D eigenvalue weighted by Gasteiger charge is 2.53. The highest BCUT2D eigenvalue weighted by Crippen LogP contribution is 2.53. The molecule has 0 aromatic heterocycles. The maximum Gasteiger partial charge on any atom is 0.0998 e. The quantitative estimate of drug-likeness (QED) is 0.911. The van der Waals surface area contributed by atoms with Crippen LogP contribution in [0.3, 0.4) is 0 Å². The van der Waals surface area contributed by atoms with Gasteiger partial charge in [-0.3, -0.25) is 0 Å². The van der Waals surface area contributed by atoms with E-state index >= 15 is 0 Å². The molecule has 3 heteroatoms. The zero-order chi connectivity index (χ0) is 16.3. The average molecular weight is 318 g/mol. The van der Waals surface area contributed by atoms with Crippen molar-refractivity contribution in [2.75, 3.05) is 4.90 Å². The third-order valence-corrected chi connectivity index (χ3v) is 6.44. The molecule has 3 atom stereocenters. The molecule has 122 valence electrons. The number of nitriles is 1. The van der Waals surface area contributed by atoms with Crippen LogP contribution in [0.25, 0.3) is 10.8 Å². The van der Waals surface area contributed by atoms with Crippen molar-refractivity contribution in [2.45, 2.75) is 56.2 Å². The summed E-state index contributed by atoms with van der Waals surface area (Å²) in [4.78, 5) is 2.56. The monoisotopic (exact) mass is 318 g/mol. The van der Waals surface area contributed by atoms with Crippen molar-refractivity contribution in [2.24, 2.45) is 5.92 Å². The summed E-state index contributed by atoms with van der Waals surface area (Å²) in [5, 5.41) is 22.7. The van der Waals surface area contributed by atoms with Crippen molar-refractivity contribution < 1.29 is 5.11 Å². The van der Waals surface area contributed by atoms with Crippen molar-refractivity contribution in [3.05, 3.63) is 42.0 Å². The number of piperidine rings is 1. The summed E-state index contributed by atoms with van der Waals surface area (Å²) in [6, 6.07) is 15.5. The minimum atomic E-state index is -0.426. The number of benzene rings is 2. The zero-order valence-electron chi connectivity index (χ0n) is 13.8. The lowest BCUT2D eigenvalue weighted by Gasteiger charge is -2.45. The normalized spacial score (nSPS) is 32.1. The Kier molecular flexibility index (Phi) is 2.96. The molecule has 2 aromatic carbocycles. The lowest BCUT2D eigenvalue weighted by molar-refractivity contribution is -0.0188. The third kappa shape index (κ3) is 1.99. The topological polar surface area (TPSA) is 47.3 Å². The number of aliphatic hydroxyl groups is 1. The van der Waals surface area contributed by atoms with E-state index in [0.717, 1.165) is 23.8 Å². The SMILES string of the molecule is N#Cc1ccc(N2[C@@H]3CC[C@H]2CC(O)(C2CC2)C3)c2ccccc12. The summed E-state index contributed by atoms with van der Waals surface area (Å²) in [6.45, 7) is 0. The second-order valence-electron chi connectivity index (χ2n) is 7.87. The molecule has 0 radical (unpaired) electrons. The number of hydrogen-bond acceptors (Lipinski definition) is 3. The Labute approximate surface area is 142 Å². The summed E-state index contributed by atoms with van der Waals surface area (Å²) >= 11 is 0. The largest absolute Gasteiger partial charge is 0.389 e. The molecule has 5 rings (SSSR count). The van der Waals surface area contributed by atoms with E-state index in [1.807, 2.05) is 18.2 Å². The first-order valence-electron chi connectivity index (χ1n) is 9.12. The molecule has 2 bridgehead atoms. The first-order valence-corrected chi connectivity index (χ1v) is 9.12. The fraction of sp³-hybridized carbons (Fsp3) is 0.476. The van der Waals surface area contributed by atoms with E-state index in [1.165, 1.54) is 36.8 Å². The Bertz CT molecular complexity index is 835. The Morgan fingerprint density at radius 3 is 2.25 bits per heavy atom. The van der Waals surface area contributed by atoms with E-state index in [4.69, 9.17) is 0 Å². The molecule has 2 saturated heterocycles. The minimum absolute atomic E-state index is 0.426. The van der Waals surface area contributed by atoms with Gasteiger partial charge in [-0.25, -0.2) is 0 Å². The molecule has 2 heterocycles. The van der Waals surface area contributed by atoms with Gasteiger partial charge in [-0.05, 0) is 56.6 Å². The van der Waals surface area contributed by atoms with E-state index in [2.05, 4.69) is 29.2 Å². The molecular weight excluding hydrogens is 296 g/mol. The molecule has 1 N–H and O–H groups in total. The minimum Gasteiger partial charge on any atom is -0.389 e. The van der Waals surface area contributed by atoms with Gasteiger partial charge in [0.15, 0.2) is 0 Å². The Hall–Kier alpha value is -2.05. The van der Waals surface area contributed by atoms with E-state index in [-0.39, 0.29) is 0 Å². The molecule has 1 unspecified atom stereocenters. The summed E-state index contributed by atoms with van der Waals surface area (Å²) in [5.74, 6) is 0.542. The van der Waals surface area contributed by atoms with Gasteiger partial charge in [0, 0.05) is 28.5 Å². The molecule has 3 fully saturated rings. The first kappa shape index (κ1) is 14.3. The standard InChI is InChI=1S/C21H22N2O/c22-13-14-5-10-20(19-4-2-1-3-18(14)19)23-16-8-9-17(23)12-21(24,11-16)15-6-7-15/h1-5,10,15-17,24H,6-9,11-12H2/t16-,17+,21?. The highest BCUT2D eigenvalue weighted by molar-refractivity contribution is 5.98. The number of fused-ring (bicyclic) bond motifs is 3. The van der Waals surface area contributed by atoms with Crippen molar-refractivity contribution in [3.63, 3.8) is 0 Å². The summed E-state index contributed by atoms with van der Waals surface area (Å²) in [7, 11) is 0. The van der Waals surface area contributed by atoms with E-state index in [0.29, 0.717) is 18.0 Å². The van der Waals surface area contributed by atoms with Crippen LogP contribution in [0.15, 0.2) is 36.4 Å². The van der Waals surface area contributed by atoms with Crippen LogP contribution in [0.2, 0.25) is 0 Å². The molecule has 3 nitrogen and oxygen atoms in total. The first-order chi connectivity index (χ1) is 11.7. The molecule has 24 heavy (non-hydrogen) atoms. The van der Waals surface area contributed by atoms with E-state index < -0.39 is 5.60 Å². The molecule has 0 spiro atoms. The molecule has 1 aliphatic carbocycles. The van der Waals surface area contributed by atoms with E-state index in [9.17, 15) is 10.4 Å². The number of rotatable bonds is 2. The van der Waals surface area contributed by atoms with Crippen molar-refractivity contribution in [3.8, 4) is 6.07 Å². The summed E-state index contributed by atoms with van der Waals surface area (Å²) in [6.07, 6.45) is 6.57. The molecule has 2 aromatic rings. The van der Waals surface area contributed by atoms with Gasteiger partial charge >= 0.3 is 0 Å². The van der Waals surface area contributed by atoms with Gasteiger partial charge in [-0.1, -0.05) is 24.3 Å². The van der Waals surface area contributed by atoms with Crippen LogP contribution in [0.5, 0.6) is 0 Å². The molecular formula is C21H22N2O. The number of anilines is 1. The van der Waals surface area contributed by atoms with Crippen molar-refractivity contribution >= 4 is 16.5 Å². The average Bonchev–Trinajstić information content (AvgIpc) is 3.41. The predicted molar refractivity (Wildman–Crippen MR) is 94.9 cm³/mol. The zero-order valence-corrected chi connectivity index (χ0v) is 13.8. The smallest absolute Gasteiger partial charge is 0.0998 e. The lowest BCUT2D eigenvalue weighted by atomic mass is 9.81. The van der Waals surface area contributed by atoms with Gasteiger partial charge in [0.25, 0.3) is 0 Å². The van der Waals surface area contributed by atoms with Crippen LogP contribution in [-0.2, 0) is 0 Å². The van der Waals surface area contributed by atoms with E-state index in [1.54, 1.807) is 0 Å². The maximum absolute atomic E-state index is 11.1. The van der Waals surface area contributed by atoms with Crippen molar-refractivity contribution in [1.29, 1.82) is 5.26 Å². The summed E-state index contributed by atoms with van der Waals surface area (Å²) in [5.41, 5.74) is 1.56. The number of hydrogen-bond donors (Lipinski definition) is 1. The van der Waals surface area contributed by atoms with Crippen LogP contribution in [0.4, 0.5) is 5.69 Å². The Balaban J connectivity index is 1.59. The predicted octanol–water partition coefficient (Wildman–Crippen LogP) is 3.98. The van der Waals surface area contributed by atoms with Gasteiger partial charge in [-0.2, -0.15) is 5.26 Å². The fourth-order valence-corrected chi connectivity index (χ4v) is 5.21. The van der Waals surface area contributed by atoms with Gasteiger partial charge in [0.1, 0.15) is 0 Å². The van der Waals surface area contributed by atoms with Gasteiger partial charge in [0.05, 0.1) is 17.2 Å². The maximum atomic E-state index is 11.1. The van der Waals surface area contributed by atoms with Crippen LogP contribution in [0, 0.1) is 17.2 Å².